The molecule has 0 spiro atoms. The molecule has 0 atom stereocenters. The molecule has 3 heterocycles. The standard InChI is InChI=1S/C21H30F3N3O.C20H28F3N3O.C18H24F3N3O/c1-5-6-10-27(4)14-17-13-25-26-20(17)16-7-8-19(28-11-9-15(2)3)18(12-16)21(22,23)24;1-5-6-9-26(4)12-16-11-24-25-19(16)15-7-8-18(27-13-14(2)3)17(10-15)20(21,22)23;1-5-8-24(4)11-16-14(10-22-23-16)13-6-7-17(25-12(2)3)15(9-13)18(19,20)21/h7-8,12-13,15H,5-6,9-11,14H2,1-4H3,(H,25,26);7-8,10-11,14H,5-6,9,12-13H2,1-4H3,(H,24,25);6-7,9-10,12H,5,8,11H2,1-4H3,(H,22,23). The molecule has 21 heteroatoms. The Hall–Kier alpha value is -6.06. The lowest BCUT2D eigenvalue weighted by atomic mass is 10.0. The van der Waals surface area contributed by atoms with Gasteiger partial charge in [0.25, 0.3) is 0 Å². The summed E-state index contributed by atoms with van der Waals surface area (Å²) in [5.74, 6) is 0.0907. The van der Waals surface area contributed by atoms with E-state index >= 15 is 0 Å². The summed E-state index contributed by atoms with van der Waals surface area (Å²) in [4.78, 5) is 6.38. The molecule has 0 aliphatic rings. The minimum Gasteiger partial charge on any atom is -0.493 e. The van der Waals surface area contributed by atoms with Crippen LogP contribution >= 0.6 is 0 Å². The van der Waals surface area contributed by atoms with Gasteiger partial charge in [-0.05, 0) is 146 Å². The first-order chi connectivity index (χ1) is 37.7. The highest BCUT2D eigenvalue weighted by molar-refractivity contribution is 5.68. The van der Waals surface area contributed by atoms with Gasteiger partial charge in [-0.1, -0.05) is 67.4 Å². The van der Waals surface area contributed by atoms with E-state index in [4.69, 9.17) is 14.2 Å². The Bertz CT molecular complexity index is 2750. The molecule has 6 rings (SSSR count). The van der Waals surface area contributed by atoms with Crippen LogP contribution in [0.1, 0.15) is 134 Å². The van der Waals surface area contributed by atoms with Crippen LogP contribution in [0.3, 0.4) is 0 Å². The predicted molar refractivity (Wildman–Crippen MR) is 297 cm³/mol. The zero-order chi connectivity index (χ0) is 59.4. The van der Waals surface area contributed by atoms with E-state index in [2.05, 4.69) is 66.1 Å². The number of aromatic nitrogens is 6. The molecule has 80 heavy (non-hydrogen) atoms. The quantitative estimate of drug-likeness (QED) is 0.0456. The first-order valence-electron chi connectivity index (χ1n) is 27.4. The van der Waals surface area contributed by atoms with Gasteiger partial charge in [0.1, 0.15) is 17.2 Å². The minimum absolute atomic E-state index is 0.127. The van der Waals surface area contributed by atoms with Crippen molar-refractivity contribution in [3.8, 4) is 50.9 Å². The Kier molecular flexibility index (Phi) is 25.9. The van der Waals surface area contributed by atoms with Gasteiger partial charge in [0.2, 0.25) is 0 Å². The smallest absolute Gasteiger partial charge is 0.419 e. The number of hydrogen-bond donors (Lipinski definition) is 3. The SMILES string of the molecule is CCCCN(C)Cc1cn[nH]c1-c1ccc(OCC(C)C)c(C(F)(F)F)c1.CCCCN(C)Cc1cn[nH]c1-c1ccc(OCCC(C)C)c(C(F)(F)F)c1.CCCN(C)Cc1[nH]ncc1-c1ccc(OC(C)C)c(C(F)(F)F)c1. The van der Waals surface area contributed by atoms with Gasteiger partial charge < -0.3 is 28.9 Å². The fourth-order valence-corrected chi connectivity index (χ4v) is 8.37. The maximum Gasteiger partial charge on any atom is 0.419 e. The van der Waals surface area contributed by atoms with E-state index in [1.807, 2.05) is 48.8 Å². The van der Waals surface area contributed by atoms with Gasteiger partial charge in [0.15, 0.2) is 0 Å². The zero-order valence-corrected chi connectivity index (χ0v) is 48.4. The third kappa shape index (κ3) is 21.1. The Balaban J connectivity index is 0.000000259. The maximum absolute atomic E-state index is 13.6. The second-order valence-electron chi connectivity index (χ2n) is 21.3. The van der Waals surface area contributed by atoms with Crippen molar-refractivity contribution >= 4 is 0 Å². The number of alkyl halides is 9. The van der Waals surface area contributed by atoms with Gasteiger partial charge in [0.05, 0.1) is 71.7 Å². The highest BCUT2D eigenvalue weighted by Crippen LogP contribution is 2.42. The Morgan fingerprint density at radius 3 is 1.39 bits per heavy atom. The van der Waals surface area contributed by atoms with E-state index in [0.29, 0.717) is 65.6 Å². The van der Waals surface area contributed by atoms with Crippen LogP contribution in [-0.2, 0) is 38.2 Å². The molecule has 0 saturated carbocycles. The van der Waals surface area contributed by atoms with Crippen LogP contribution in [0.4, 0.5) is 39.5 Å². The number of H-pyrrole nitrogens is 3. The molecular weight excluding hydrogens is 1050 g/mol. The Labute approximate surface area is 466 Å². The molecular formula is C59H82F9N9O3. The summed E-state index contributed by atoms with van der Waals surface area (Å²) in [5, 5.41) is 20.7. The molecule has 0 radical (unpaired) electrons. The molecule has 0 aliphatic carbocycles. The van der Waals surface area contributed by atoms with E-state index in [1.165, 1.54) is 18.2 Å². The van der Waals surface area contributed by atoms with Gasteiger partial charge in [-0.3, -0.25) is 15.3 Å². The molecule has 6 aromatic rings. The summed E-state index contributed by atoms with van der Waals surface area (Å²) in [6.45, 7) is 22.6. The van der Waals surface area contributed by atoms with Crippen molar-refractivity contribution in [2.24, 2.45) is 11.8 Å². The van der Waals surface area contributed by atoms with Crippen LogP contribution in [0, 0.1) is 11.8 Å². The lowest BCUT2D eigenvalue weighted by molar-refractivity contribution is -0.140. The fourth-order valence-electron chi connectivity index (χ4n) is 8.37. The molecule has 0 saturated heterocycles. The third-order valence-corrected chi connectivity index (χ3v) is 12.5. The van der Waals surface area contributed by atoms with Crippen molar-refractivity contribution in [2.75, 3.05) is 54.0 Å². The van der Waals surface area contributed by atoms with Crippen LogP contribution in [0.25, 0.3) is 33.6 Å². The highest BCUT2D eigenvalue weighted by atomic mass is 19.4. The maximum atomic E-state index is 13.6. The number of aromatic amines is 3. The van der Waals surface area contributed by atoms with Crippen LogP contribution < -0.4 is 14.2 Å². The van der Waals surface area contributed by atoms with E-state index in [9.17, 15) is 39.5 Å². The number of nitrogens with one attached hydrogen (secondary N) is 3. The molecule has 0 aliphatic heterocycles. The summed E-state index contributed by atoms with van der Waals surface area (Å²) in [5.41, 5.74) is 3.53. The van der Waals surface area contributed by atoms with Crippen molar-refractivity contribution in [3.63, 3.8) is 0 Å². The number of benzene rings is 3. The number of rotatable bonds is 26. The van der Waals surface area contributed by atoms with Crippen molar-refractivity contribution in [3.05, 3.63) is 107 Å². The van der Waals surface area contributed by atoms with Gasteiger partial charge >= 0.3 is 18.5 Å². The van der Waals surface area contributed by atoms with Crippen LogP contribution in [0.15, 0.2) is 73.2 Å². The van der Waals surface area contributed by atoms with Gasteiger partial charge in [0, 0.05) is 47.5 Å². The van der Waals surface area contributed by atoms with Crippen LogP contribution in [-0.4, -0.2) is 105 Å². The number of unbranched alkanes of at least 4 members (excludes halogenated alkanes) is 2. The number of nitrogens with zero attached hydrogens (tertiary/aromatic N) is 6. The molecule has 3 aromatic heterocycles. The average molecular weight is 1140 g/mol. The van der Waals surface area contributed by atoms with E-state index in [1.54, 1.807) is 50.6 Å². The first-order valence-corrected chi connectivity index (χ1v) is 27.4. The summed E-state index contributed by atoms with van der Waals surface area (Å²) in [7, 11) is 5.96. The van der Waals surface area contributed by atoms with Crippen molar-refractivity contribution in [1.29, 1.82) is 0 Å². The third-order valence-electron chi connectivity index (χ3n) is 12.5. The normalized spacial score (nSPS) is 12.2. The van der Waals surface area contributed by atoms with Gasteiger partial charge in [-0.15, -0.1) is 0 Å². The summed E-state index contributed by atoms with van der Waals surface area (Å²) in [6.07, 6.45) is -2.84. The largest absolute Gasteiger partial charge is 0.493 e. The van der Waals surface area contributed by atoms with Crippen molar-refractivity contribution in [1.82, 2.24) is 45.3 Å². The summed E-state index contributed by atoms with van der Waals surface area (Å²) >= 11 is 0. The molecule has 0 fully saturated rings. The lowest BCUT2D eigenvalue weighted by Crippen LogP contribution is -2.19. The summed E-state index contributed by atoms with van der Waals surface area (Å²) < 4.78 is 138. The van der Waals surface area contributed by atoms with Gasteiger partial charge in [-0.25, -0.2) is 0 Å². The van der Waals surface area contributed by atoms with Crippen LogP contribution in [0.5, 0.6) is 17.2 Å². The first kappa shape index (κ1) is 66.5. The van der Waals surface area contributed by atoms with E-state index in [-0.39, 0.29) is 42.5 Å². The lowest BCUT2D eigenvalue weighted by Gasteiger charge is -2.18. The topological polar surface area (TPSA) is 123 Å². The van der Waals surface area contributed by atoms with Crippen LogP contribution in [0.2, 0.25) is 0 Å². The monoisotopic (exact) mass is 1140 g/mol. The van der Waals surface area contributed by atoms with E-state index in [0.717, 1.165) is 86.8 Å². The van der Waals surface area contributed by atoms with E-state index < -0.39 is 35.2 Å². The highest BCUT2D eigenvalue weighted by Gasteiger charge is 2.37. The zero-order valence-electron chi connectivity index (χ0n) is 48.4. The molecule has 3 aromatic carbocycles. The number of halogens is 9. The fraction of sp³-hybridized carbons (Fsp3) is 0.542. The van der Waals surface area contributed by atoms with Crippen molar-refractivity contribution in [2.45, 2.75) is 145 Å². The predicted octanol–water partition coefficient (Wildman–Crippen LogP) is 15.8. The Morgan fingerprint density at radius 1 is 0.500 bits per heavy atom. The molecule has 0 unspecified atom stereocenters. The molecule has 444 valence electrons. The summed E-state index contributed by atoms with van der Waals surface area (Å²) in [6, 6.07) is 12.5. The Morgan fingerprint density at radius 2 is 0.938 bits per heavy atom. The van der Waals surface area contributed by atoms with Gasteiger partial charge in [-0.2, -0.15) is 54.8 Å². The second-order valence-corrected chi connectivity index (χ2v) is 21.3. The average Bonchev–Trinajstić information content (AvgIpc) is 4.16. The molecule has 12 nitrogen and oxygen atoms in total. The number of ether oxygens (including phenoxy) is 3. The number of hydrogen-bond acceptors (Lipinski definition) is 9. The minimum atomic E-state index is -4.49. The second kappa shape index (κ2) is 31.2. The molecule has 3 N–H and O–H groups in total. The molecule has 0 bridgehead atoms. The van der Waals surface area contributed by atoms with Crippen molar-refractivity contribution < 1.29 is 53.7 Å². The molecule has 0 amide bonds.